The summed E-state index contributed by atoms with van der Waals surface area (Å²) >= 11 is 1.47. The number of β-amino-alcohol motifs (C(OH)–C–C–N with tert-alkyl or cyclic N) is 2. The zero-order chi connectivity index (χ0) is 17.8. The van der Waals surface area contributed by atoms with Crippen molar-refractivity contribution < 1.29 is 19.8 Å². The molecule has 1 aliphatic heterocycles. The number of thiophene rings is 1. The maximum Gasteiger partial charge on any atom is 0.256 e. The van der Waals surface area contributed by atoms with Crippen LogP contribution in [0.5, 0.6) is 0 Å². The predicted molar refractivity (Wildman–Crippen MR) is 95.6 cm³/mol. The SMILES string of the molecule is O=C(Nc1ccc(CCC(=O)N2C[C@@H](O)[C@H](O)C2)cc1)c1ccsc1. The van der Waals surface area contributed by atoms with E-state index in [1.54, 1.807) is 11.4 Å². The molecule has 0 radical (unpaired) electrons. The van der Waals surface area contributed by atoms with Crippen LogP contribution in [0.25, 0.3) is 0 Å². The van der Waals surface area contributed by atoms with Crippen LogP contribution in [0.2, 0.25) is 0 Å². The number of rotatable bonds is 5. The number of aliphatic hydroxyl groups is 2. The molecule has 3 rings (SSSR count). The van der Waals surface area contributed by atoms with E-state index in [0.29, 0.717) is 24.1 Å². The third-order valence-electron chi connectivity index (χ3n) is 4.23. The number of nitrogens with zero attached hydrogens (tertiary/aromatic N) is 1. The molecule has 2 heterocycles. The molecule has 1 fully saturated rings. The average molecular weight is 360 g/mol. The smallest absolute Gasteiger partial charge is 0.256 e. The van der Waals surface area contributed by atoms with E-state index in [2.05, 4.69) is 5.32 Å². The lowest BCUT2D eigenvalue weighted by Gasteiger charge is -2.15. The number of carbonyl (C=O) groups is 2. The van der Waals surface area contributed by atoms with E-state index < -0.39 is 12.2 Å². The van der Waals surface area contributed by atoms with Crippen LogP contribution in [0, 0.1) is 0 Å². The molecular formula is C18H20N2O4S. The summed E-state index contributed by atoms with van der Waals surface area (Å²) in [5, 5.41) is 25.5. The van der Waals surface area contributed by atoms with Crippen molar-refractivity contribution in [3.8, 4) is 0 Å². The van der Waals surface area contributed by atoms with Crippen molar-refractivity contribution in [2.75, 3.05) is 18.4 Å². The number of carbonyl (C=O) groups excluding carboxylic acids is 2. The molecule has 6 nitrogen and oxygen atoms in total. The Bertz CT molecular complexity index is 720. The van der Waals surface area contributed by atoms with Gasteiger partial charge >= 0.3 is 0 Å². The van der Waals surface area contributed by atoms with Crippen molar-refractivity contribution in [1.82, 2.24) is 4.90 Å². The Hall–Kier alpha value is -2.22. The summed E-state index contributed by atoms with van der Waals surface area (Å²) in [6.45, 7) is 0.376. The van der Waals surface area contributed by atoms with Gasteiger partial charge in [0, 0.05) is 30.6 Å². The van der Waals surface area contributed by atoms with E-state index in [4.69, 9.17) is 0 Å². The first-order valence-electron chi connectivity index (χ1n) is 8.09. The fraction of sp³-hybridized carbons (Fsp3) is 0.333. The van der Waals surface area contributed by atoms with Gasteiger partial charge in [-0.2, -0.15) is 11.3 Å². The monoisotopic (exact) mass is 360 g/mol. The van der Waals surface area contributed by atoms with Gasteiger partial charge < -0.3 is 20.4 Å². The van der Waals surface area contributed by atoms with Gasteiger partial charge in [0.1, 0.15) is 0 Å². The summed E-state index contributed by atoms with van der Waals surface area (Å²) in [6.07, 6.45) is -0.814. The Morgan fingerprint density at radius 3 is 2.40 bits per heavy atom. The summed E-state index contributed by atoms with van der Waals surface area (Å²) < 4.78 is 0. The predicted octanol–water partition coefficient (Wildman–Crippen LogP) is 1.50. The molecule has 0 unspecified atom stereocenters. The second-order valence-corrected chi connectivity index (χ2v) is 6.88. The highest BCUT2D eigenvalue weighted by atomic mass is 32.1. The normalized spacial score (nSPS) is 19.8. The number of nitrogens with one attached hydrogen (secondary N) is 1. The largest absolute Gasteiger partial charge is 0.388 e. The zero-order valence-corrected chi connectivity index (χ0v) is 14.4. The standard InChI is InChI=1S/C18H20N2O4S/c21-15-9-20(10-16(15)22)17(23)6-3-12-1-4-14(5-2-12)19-18(24)13-7-8-25-11-13/h1-2,4-5,7-8,11,15-16,21-22H,3,6,9-10H2,(H,19,24)/t15-,16-/m1/s1. The number of aliphatic hydroxyl groups excluding tert-OH is 2. The maximum absolute atomic E-state index is 12.1. The molecule has 0 saturated carbocycles. The highest BCUT2D eigenvalue weighted by Crippen LogP contribution is 2.16. The topological polar surface area (TPSA) is 89.9 Å². The van der Waals surface area contributed by atoms with Gasteiger partial charge in [0.25, 0.3) is 5.91 Å². The van der Waals surface area contributed by atoms with Gasteiger partial charge in [0.2, 0.25) is 5.91 Å². The molecular weight excluding hydrogens is 340 g/mol. The second kappa shape index (κ2) is 7.77. The van der Waals surface area contributed by atoms with Crippen LogP contribution in [0.3, 0.4) is 0 Å². The molecule has 0 aliphatic carbocycles. The molecule has 1 aromatic heterocycles. The third kappa shape index (κ3) is 4.45. The minimum atomic E-state index is -0.852. The zero-order valence-electron chi connectivity index (χ0n) is 13.6. The van der Waals surface area contributed by atoms with E-state index in [-0.39, 0.29) is 24.9 Å². The van der Waals surface area contributed by atoms with Crippen molar-refractivity contribution in [3.63, 3.8) is 0 Å². The summed E-state index contributed by atoms with van der Waals surface area (Å²) in [6, 6.07) is 9.15. The molecule has 0 spiro atoms. The molecule has 132 valence electrons. The Balaban J connectivity index is 1.49. The Labute approximate surface area is 149 Å². The molecule has 7 heteroatoms. The second-order valence-electron chi connectivity index (χ2n) is 6.10. The van der Waals surface area contributed by atoms with Gasteiger partial charge in [-0.25, -0.2) is 0 Å². The number of benzene rings is 1. The Kier molecular flexibility index (Phi) is 5.47. The Morgan fingerprint density at radius 1 is 1.12 bits per heavy atom. The third-order valence-corrected chi connectivity index (χ3v) is 4.92. The van der Waals surface area contributed by atoms with Crippen molar-refractivity contribution in [1.29, 1.82) is 0 Å². The summed E-state index contributed by atoms with van der Waals surface area (Å²) in [7, 11) is 0. The quantitative estimate of drug-likeness (QED) is 0.754. The van der Waals surface area contributed by atoms with Gasteiger partial charge in [-0.15, -0.1) is 0 Å². The van der Waals surface area contributed by atoms with Gasteiger partial charge in [-0.05, 0) is 35.6 Å². The van der Waals surface area contributed by atoms with Crippen molar-refractivity contribution >= 4 is 28.8 Å². The first-order chi connectivity index (χ1) is 12.0. The molecule has 2 amide bonds. The highest BCUT2D eigenvalue weighted by Gasteiger charge is 2.31. The van der Waals surface area contributed by atoms with Crippen LogP contribution >= 0.6 is 11.3 Å². The first-order valence-corrected chi connectivity index (χ1v) is 9.03. The van der Waals surface area contributed by atoms with E-state index >= 15 is 0 Å². The molecule has 3 N–H and O–H groups in total. The number of aryl methyl sites for hydroxylation is 1. The number of anilines is 1. The van der Waals surface area contributed by atoms with Crippen LogP contribution in [0.1, 0.15) is 22.3 Å². The van der Waals surface area contributed by atoms with Crippen molar-refractivity contribution in [3.05, 3.63) is 52.2 Å². The first kappa shape index (κ1) is 17.6. The van der Waals surface area contributed by atoms with Crippen molar-refractivity contribution in [2.24, 2.45) is 0 Å². The average Bonchev–Trinajstić information content (AvgIpc) is 3.25. The van der Waals surface area contributed by atoms with Gasteiger partial charge in [0.05, 0.1) is 17.8 Å². The molecule has 2 aromatic rings. The minimum Gasteiger partial charge on any atom is -0.388 e. The van der Waals surface area contributed by atoms with Crippen LogP contribution in [0.4, 0.5) is 5.69 Å². The van der Waals surface area contributed by atoms with Crippen molar-refractivity contribution in [2.45, 2.75) is 25.0 Å². The number of hydrogen-bond donors (Lipinski definition) is 3. The van der Waals surface area contributed by atoms with Gasteiger partial charge in [0.15, 0.2) is 0 Å². The van der Waals surface area contributed by atoms with E-state index in [1.807, 2.05) is 29.6 Å². The summed E-state index contributed by atoms with van der Waals surface area (Å²) in [4.78, 5) is 25.6. The van der Waals surface area contributed by atoms with E-state index in [9.17, 15) is 19.8 Å². The molecule has 2 atom stereocenters. The molecule has 1 saturated heterocycles. The fourth-order valence-electron chi connectivity index (χ4n) is 2.73. The van der Waals surface area contributed by atoms with Crippen LogP contribution < -0.4 is 5.32 Å². The lowest BCUT2D eigenvalue weighted by Crippen LogP contribution is -2.29. The van der Waals surface area contributed by atoms with Gasteiger partial charge in [-0.3, -0.25) is 9.59 Å². The van der Waals surface area contributed by atoms with Gasteiger partial charge in [-0.1, -0.05) is 12.1 Å². The van der Waals surface area contributed by atoms with E-state index in [1.165, 1.54) is 16.2 Å². The number of amides is 2. The maximum atomic E-state index is 12.1. The van der Waals surface area contributed by atoms with Crippen LogP contribution in [0.15, 0.2) is 41.1 Å². The number of likely N-dealkylation sites (tertiary alicyclic amines) is 1. The minimum absolute atomic E-state index is 0.0783. The summed E-state index contributed by atoms with van der Waals surface area (Å²) in [5.41, 5.74) is 2.33. The molecule has 1 aromatic carbocycles. The lowest BCUT2D eigenvalue weighted by molar-refractivity contribution is -0.130. The lowest BCUT2D eigenvalue weighted by atomic mass is 10.1. The van der Waals surface area contributed by atoms with Crippen LogP contribution in [-0.4, -0.2) is 52.2 Å². The fourth-order valence-corrected chi connectivity index (χ4v) is 3.37. The Morgan fingerprint density at radius 2 is 1.80 bits per heavy atom. The van der Waals surface area contributed by atoms with E-state index in [0.717, 1.165) is 5.56 Å². The summed E-state index contributed by atoms with van der Waals surface area (Å²) in [5.74, 6) is -0.222. The highest BCUT2D eigenvalue weighted by molar-refractivity contribution is 7.08. The molecule has 0 bridgehead atoms. The molecule has 25 heavy (non-hydrogen) atoms. The molecule has 1 aliphatic rings. The number of hydrogen-bond acceptors (Lipinski definition) is 5. The van der Waals surface area contributed by atoms with Crippen LogP contribution in [-0.2, 0) is 11.2 Å².